The SMILES string of the molecule is CNC(=O)[C@H]1CN(CC(=O)N[C@H]2CCC[C@@H](C)[C@H]2C)c2ccccc2O1. The van der Waals surface area contributed by atoms with Gasteiger partial charge in [0.2, 0.25) is 5.91 Å². The average Bonchev–Trinajstić information content (AvgIpc) is 2.64. The minimum Gasteiger partial charge on any atom is -0.477 e. The number of likely N-dealkylation sites (N-methyl/N-ethyl adjacent to an activating group) is 1. The molecule has 0 bridgehead atoms. The minimum absolute atomic E-state index is 0.00306. The number of nitrogens with zero attached hydrogens (tertiary/aromatic N) is 1. The molecule has 6 nitrogen and oxygen atoms in total. The summed E-state index contributed by atoms with van der Waals surface area (Å²) in [4.78, 5) is 26.7. The van der Waals surface area contributed by atoms with Gasteiger partial charge in [-0.2, -0.15) is 0 Å². The highest BCUT2D eigenvalue weighted by Crippen LogP contribution is 2.33. The summed E-state index contributed by atoms with van der Waals surface area (Å²) in [6.07, 6.45) is 2.82. The quantitative estimate of drug-likeness (QED) is 0.862. The van der Waals surface area contributed by atoms with E-state index in [1.165, 1.54) is 6.42 Å². The van der Waals surface area contributed by atoms with Gasteiger partial charge in [-0.25, -0.2) is 0 Å². The highest BCUT2D eigenvalue weighted by atomic mass is 16.5. The van der Waals surface area contributed by atoms with Gasteiger partial charge in [0.15, 0.2) is 6.10 Å². The zero-order valence-corrected chi connectivity index (χ0v) is 15.8. The number of nitrogens with one attached hydrogen (secondary N) is 2. The number of hydrogen-bond acceptors (Lipinski definition) is 4. The van der Waals surface area contributed by atoms with Gasteiger partial charge >= 0.3 is 0 Å². The summed E-state index contributed by atoms with van der Waals surface area (Å²) < 4.78 is 5.79. The van der Waals surface area contributed by atoms with Crippen LogP contribution in [0.2, 0.25) is 0 Å². The first-order chi connectivity index (χ1) is 12.5. The van der Waals surface area contributed by atoms with Gasteiger partial charge in [0.05, 0.1) is 18.8 Å². The first-order valence-electron chi connectivity index (χ1n) is 9.51. The number of carbonyl (C=O) groups excluding carboxylic acids is 2. The van der Waals surface area contributed by atoms with Crippen LogP contribution in [0.3, 0.4) is 0 Å². The normalized spacial score (nSPS) is 27.9. The van der Waals surface area contributed by atoms with E-state index in [0.29, 0.717) is 24.1 Å². The molecular formula is C20H29N3O3. The number of carbonyl (C=O) groups is 2. The number of para-hydroxylation sites is 2. The summed E-state index contributed by atoms with van der Waals surface area (Å²) in [5.41, 5.74) is 0.855. The maximum absolute atomic E-state index is 12.7. The Balaban J connectivity index is 1.69. The Morgan fingerprint density at radius 2 is 2.00 bits per heavy atom. The zero-order chi connectivity index (χ0) is 18.7. The number of anilines is 1. The molecule has 0 spiro atoms. The minimum atomic E-state index is -0.615. The lowest BCUT2D eigenvalue weighted by atomic mass is 9.78. The number of rotatable bonds is 4. The Labute approximate surface area is 155 Å². The van der Waals surface area contributed by atoms with Crippen LogP contribution in [0.15, 0.2) is 24.3 Å². The van der Waals surface area contributed by atoms with Crippen LogP contribution in [0.25, 0.3) is 0 Å². The van der Waals surface area contributed by atoms with Crippen molar-refractivity contribution in [2.75, 3.05) is 25.0 Å². The van der Waals surface area contributed by atoms with E-state index in [2.05, 4.69) is 24.5 Å². The molecular weight excluding hydrogens is 330 g/mol. The third kappa shape index (κ3) is 3.94. The molecule has 26 heavy (non-hydrogen) atoms. The van der Waals surface area contributed by atoms with E-state index in [-0.39, 0.29) is 24.4 Å². The molecule has 1 aliphatic heterocycles. The molecule has 2 amide bonds. The summed E-state index contributed by atoms with van der Waals surface area (Å²) in [7, 11) is 1.59. The fraction of sp³-hybridized carbons (Fsp3) is 0.600. The van der Waals surface area contributed by atoms with E-state index in [9.17, 15) is 9.59 Å². The molecule has 0 saturated heterocycles. The Bertz CT molecular complexity index is 663. The van der Waals surface area contributed by atoms with E-state index >= 15 is 0 Å². The van der Waals surface area contributed by atoms with Crippen molar-refractivity contribution in [1.29, 1.82) is 0 Å². The van der Waals surface area contributed by atoms with Crippen LogP contribution < -0.4 is 20.3 Å². The molecule has 0 radical (unpaired) electrons. The maximum atomic E-state index is 12.7. The third-order valence-electron chi connectivity index (χ3n) is 5.79. The van der Waals surface area contributed by atoms with Crippen molar-refractivity contribution in [3.8, 4) is 5.75 Å². The van der Waals surface area contributed by atoms with Crippen LogP contribution in [-0.4, -0.2) is 44.1 Å². The molecule has 1 aliphatic carbocycles. The van der Waals surface area contributed by atoms with Gasteiger partial charge in [0.25, 0.3) is 5.91 Å². The van der Waals surface area contributed by atoms with Crippen LogP contribution in [-0.2, 0) is 9.59 Å². The van der Waals surface area contributed by atoms with Gasteiger partial charge in [0.1, 0.15) is 5.75 Å². The summed E-state index contributed by atoms with van der Waals surface area (Å²) >= 11 is 0. The number of ether oxygens (including phenoxy) is 1. The van der Waals surface area contributed by atoms with E-state index < -0.39 is 6.10 Å². The molecule has 142 valence electrons. The van der Waals surface area contributed by atoms with Gasteiger partial charge in [-0.3, -0.25) is 9.59 Å². The van der Waals surface area contributed by atoms with Crippen LogP contribution in [0.4, 0.5) is 5.69 Å². The summed E-state index contributed by atoms with van der Waals surface area (Å²) in [6.45, 7) is 5.07. The molecule has 1 aromatic carbocycles. The average molecular weight is 359 g/mol. The van der Waals surface area contributed by atoms with E-state index in [4.69, 9.17) is 4.74 Å². The standard InChI is InChI=1S/C20H29N3O3/c1-13-7-6-8-15(14(13)2)22-19(24)12-23-11-18(20(25)21-3)26-17-10-5-4-9-16(17)23/h4-5,9-10,13-15,18H,6-8,11-12H2,1-3H3,(H,21,25)(H,22,24)/t13-,14-,15+,18-/m1/s1. The monoisotopic (exact) mass is 359 g/mol. The van der Waals surface area contributed by atoms with Crippen LogP contribution in [0.5, 0.6) is 5.75 Å². The molecule has 2 aliphatic rings. The molecule has 0 unspecified atom stereocenters. The summed E-state index contributed by atoms with van der Waals surface area (Å²) in [5, 5.41) is 5.84. The van der Waals surface area contributed by atoms with Crippen molar-refractivity contribution in [2.24, 2.45) is 11.8 Å². The Morgan fingerprint density at radius 3 is 2.77 bits per heavy atom. The Morgan fingerprint density at radius 1 is 1.23 bits per heavy atom. The van der Waals surface area contributed by atoms with E-state index in [0.717, 1.165) is 18.5 Å². The van der Waals surface area contributed by atoms with Gasteiger partial charge in [0, 0.05) is 13.1 Å². The largest absolute Gasteiger partial charge is 0.477 e. The highest BCUT2D eigenvalue weighted by Gasteiger charge is 2.32. The molecule has 1 saturated carbocycles. The second-order valence-corrected chi connectivity index (χ2v) is 7.51. The van der Waals surface area contributed by atoms with Gasteiger partial charge in [-0.05, 0) is 30.4 Å². The molecule has 1 fully saturated rings. The van der Waals surface area contributed by atoms with Crippen molar-refractivity contribution in [3.63, 3.8) is 0 Å². The molecule has 1 aromatic rings. The van der Waals surface area contributed by atoms with Gasteiger partial charge < -0.3 is 20.3 Å². The number of amides is 2. The molecule has 4 atom stereocenters. The van der Waals surface area contributed by atoms with Gasteiger partial charge in [-0.1, -0.05) is 38.8 Å². The molecule has 1 heterocycles. The fourth-order valence-corrected chi connectivity index (χ4v) is 3.97. The predicted octanol–water partition coefficient (Wildman–Crippen LogP) is 1.94. The van der Waals surface area contributed by atoms with Crippen LogP contribution in [0.1, 0.15) is 33.1 Å². The van der Waals surface area contributed by atoms with Crippen molar-refractivity contribution < 1.29 is 14.3 Å². The van der Waals surface area contributed by atoms with Crippen molar-refractivity contribution in [1.82, 2.24) is 10.6 Å². The lowest BCUT2D eigenvalue weighted by molar-refractivity contribution is -0.128. The second-order valence-electron chi connectivity index (χ2n) is 7.51. The first-order valence-corrected chi connectivity index (χ1v) is 9.51. The molecule has 0 aromatic heterocycles. The lowest BCUT2D eigenvalue weighted by Crippen LogP contribution is -2.52. The second kappa shape index (κ2) is 7.98. The summed E-state index contributed by atoms with van der Waals surface area (Å²) in [5.74, 6) is 1.59. The Kier molecular flexibility index (Phi) is 5.69. The van der Waals surface area contributed by atoms with Crippen LogP contribution in [0, 0.1) is 11.8 Å². The van der Waals surface area contributed by atoms with E-state index in [1.54, 1.807) is 7.05 Å². The van der Waals surface area contributed by atoms with Crippen molar-refractivity contribution in [2.45, 2.75) is 45.3 Å². The maximum Gasteiger partial charge on any atom is 0.262 e. The van der Waals surface area contributed by atoms with Crippen molar-refractivity contribution in [3.05, 3.63) is 24.3 Å². The molecule has 2 N–H and O–H groups in total. The molecule has 3 rings (SSSR count). The number of hydrogen-bond donors (Lipinski definition) is 2. The molecule has 6 heteroatoms. The number of fused-ring (bicyclic) bond motifs is 1. The topological polar surface area (TPSA) is 70.7 Å². The highest BCUT2D eigenvalue weighted by molar-refractivity contribution is 5.86. The van der Waals surface area contributed by atoms with Gasteiger partial charge in [-0.15, -0.1) is 0 Å². The smallest absolute Gasteiger partial charge is 0.262 e. The third-order valence-corrected chi connectivity index (χ3v) is 5.79. The zero-order valence-electron chi connectivity index (χ0n) is 15.8. The fourth-order valence-electron chi connectivity index (χ4n) is 3.97. The predicted molar refractivity (Wildman–Crippen MR) is 101 cm³/mol. The Hall–Kier alpha value is -2.24. The first kappa shape index (κ1) is 18.5. The van der Waals surface area contributed by atoms with Crippen molar-refractivity contribution >= 4 is 17.5 Å². The number of benzene rings is 1. The lowest BCUT2D eigenvalue weighted by Gasteiger charge is -2.37. The summed E-state index contributed by atoms with van der Waals surface area (Å²) in [6, 6.07) is 7.78. The van der Waals surface area contributed by atoms with Crippen LogP contribution >= 0.6 is 0 Å². The van der Waals surface area contributed by atoms with E-state index in [1.807, 2.05) is 29.2 Å².